The van der Waals surface area contributed by atoms with E-state index in [1.807, 2.05) is 0 Å². The van der Waals surface area contributed by atoms with Gasteiger partial charge in [-0.25, -0.2) is 14.4 Å². The molecule has 7 nitrogen and oxygen atoms in total. The van der Waals surface area contributed by atoms with E-state index < -0.39 is 23.7 Å². The van der Waals surface area contributed by atoms with Gasteiger partial charge in [-0.1, -0.05) is 16.8 Å². The van der Waals surface area contributed by atoms with Crippen molar-refractivity contribution in [3.63, 3.8) is 0 Å². The Hall–Kier alpha value is -1.54. The van der Waals surface area contributed by atoms with Crippen LogP contribution in [-0.4, -0.2) is 46.1 Å². The first-order valence-electron chi connectivity index (χ1n) is 6.64. The molecule has 0 saturated heterocycles. The van der Waals surface area contributed by atoms with Gasteiger partial charge in [-0.15, -0.1) is 0 Å². The molecule has 0 radical (unpaired) electrons. The third-order valence-corrected chi connectivity index (χ3v) is 4.69. The van der Waals surface area contributed by atoms with E-state index in [4.69, 9.17) is 11.6 Å². The van der Waals surface area contributed by atoms with E-state index in [9.17, 15) is 10.0 Å². The summed E-state index contributed by atoms with van der Waals surface area (Å²) in [6, 6.07) is -1.69. The number of hydrogen-bond donors (Lipinski definition) is 2. The summed E-state index contributed by atoms with van der Waals surface area (Å²) >= 11 is 5.98. The van der Waals surface area contributed by atoms with Crippen LogP contribution in [0.4, 0.5) is 15.9 Å². The highest BCUT2D eigenvalue weighted by atomic mass is 35.5. The van der Waals surface area contributed by atoms with Gasteiger partial charge in [0.15, 0.2) is 16.6 Å². The number of aromatic nitrogens is 2. The number of rotatable bonds is 3. The zero-order valence-corrected chi connectivity index (χ0v) is 12.1. The highest BCUT2D eigenvalue weighted by molar-refractivity contribution is 6.32. The molecule has 3 unspecified atom stereocenters. The average Bonchev–Trinajstić information content (AvgIpc) is 2.97. The summed E-state index contributed by atoms with van der Waals surface area (Å²) in [4.78, 5) is 20.7. The van der Waals surface area contributed by atoms with E-state index in [1.54, 1.807) is 4.90 Å². The molecule has 0 spiro atoms. The zero-order valence-electron chi connectivity index (χ0n) is 11.3. The maximum atomic E-state index is 15.1. The maximum absolute atomic E-state index is 15.1. The predicted octanol–water partition coefficient (Wildman–Crippen LogP) is 1.56. The number of halogens is 2. The molecule has 1 aliphatic heterocycles. The van der Waals surface area contributed by atoms with Gasteiger partial charge in [0.1, 0.15) is 18.1 Å². The van der Waals surface area contributed by atoms with Gasteiger partial charge in [0.25, 0.3) is 0 Å². The van der Waals surface area contributed by atoms with Gasteiger partial charge < -0.3 is 15.3 Å². The molecule has 4 atom stereocenters. The average molecular weight is 316 g/mol. The number of anilines is 2. The normalized spacial score (nSPS) is 34.7. The fraction of sp³-hybridized carbons (Fsp3) is 0.667. The summed E-state index contributed by atoms with van der Waals surface area (Å²) in [5, 5.41) is 15.5. The van der Waals surface area contributed by atoms with Crippen LogP contribution in [0.5, 0.6) is 0 Å². The van der Waals surface area contributed by atoms with E-state index in [2.05, 4.69) is 20.5 Å². The lowest BCUT2D eigenvalue weighted by Gasteiger charge is -2.33. The van der Waals surface area contributed by atoms with Crippen molar-refractivity contribution in [3.8, 4) is 0 Å². The fourth-order valence-electron chi connectivity index (χ4n) is 3.32. The van der Waals surface area contributed by atoms with E-state index in [-0.39, 0.29) is 11.8 Å². The van der Waals surface area contributed by atoms with Crippen LogP contribution in [0.1, 0.15) is 13.3 Å². The van der Waals surface area contributed by atoms with Crippen LogP contribution in [0, 0.1) is 10.8 Å². The lowest BCUT2D eigenvalue weighted by molar-refractivity contribution is 0.128. The molecule has 2 heterocycles. The van der Waals surface area contributed by atoms with Gasteiger partial charge in [-0.3, -0.25) is 0 Å². The molecular weight excluding hydrogens is 301 g/mol. The Morgan fingerprint density at radius 3 is 3.05 bits per heavy atom. The van der Waals surface area contributed by atoms with Crippen LogP contribution in [0.25, 0.3) is 0 Å². The van der Waals surface area contributed by atoms with Crippen molar-refractivity contribution < 1.29 is 9.50 Å². The van der Waals surface area contributed by atoms with E-state index >= 15 is 4.39 Å². The number of nitrogens with one attached hydrogen (secondary N) is 1. The van der Waals surface area contributed by atoms with E-state index in [0.717, 1.165) is 0 Å². The Morgan fingerprint density at radius 1 is 1.67 bits per heavy atom. The van der Waals surface area contributed by atoms with Crippen molar-refractivity contribution in [1.82, 2.24) is 9.97 Å². The molecule has 3 rings (SSSR count). The van der Waals surface area contributed by atoms with Crippen molar-refractivity contribution in [1.29, 1.82) is 0 Å². The third-order valence-electron chi connectivity index (χ3n) is 4.41. The molecule has 1 fully saturated rings. The lowest BCUT2D eigenvalue weighted by atomic mass is 9.96. The first-order valence-corrected chi connectivity index (χ1v) is 7.01. The molecule has 9 heteroatoms. The third kappa shape index (κ3) is 2.04. The number of aliphatic hydroxyl groups is 1. The molecule has 2 aliphatic rings. The number of aliphatic hydroxyl groups excluding tert-OH is 1. The Bertz CT molecular complexity index is 573. The Morgan fingerprint density at radius 2 is 2.43 bits per heavy atom. The van der Waals surface area contributed by atoms with E-state index in [1.165, 1.54) is 13.3 Å². The summed E-state index contributed by atoms with van der Waals surface area (Å²) in [6.07, 6.45) is 1.63. The number of fused-ring (bicyclic) bond motifs is 1. The van der Waals surface area contributed by atoms with Crippen molar-refractivity contribution in [3.05, 3.63) is 16.4 Å². The van der Waals surface area contributed by atoms with Crippen LogP contribution >= 0.6 is 11.6 Å². The molecule has 1 aromatic rings. The molecule has 0 bridgehead atoms. The summed E-state index contributed by atoms with van der Waals surface area (Å²) < 4.78 is 15.1. The van der Waals surface area contributed by atoms with Crippen molar-refractivity contribution in [2.75, 3.05) is 23.5 Å². The molecular formula is C12H15ClFN5O2. The molecule has 0 aromatic carbocycles. The highest BCUT2D eigenvalue weighted by Gasteiger charge is 2.57. The fourth-order valence-corrected chi connectivity index (χ4v) is 3.52. The van der Waals surface area contributed by atoms with Gasteiger partial charge in [0.2, 0.25) is 0 Å². The van der Waals surface area contributed by atoms with Crippen LogP contribution in [0.15, 0.2) is 11.5 Å². The minimum atomic E-state index is -1.85. The standard InChI is InChI=1S/C12H15ClFN5O2/c1-12(14)7(2-6(3-20)9(12)18-21)19-5-17-8-10(13)15-4-16-11(8)19/h4,6-7,9,17,20H,2-3,5H2,1H3/t6?,7?,9-,12?/m0/s1. The van der Waals surface area contributed by atoms with Gasteiger partial charge in [0.05, 0.1) is 12.7 Å². The predicted molar refractivity (Wildman–Crippen MR) is 76.1 cm³/mol. The van der Waals surface area contributed by atoms with Gasteiger partial charge in [-0.2, -0.15) is 4.91 Å². The SMILES string of the molecule is CC1(F)C(N2CNc3c(Cl)ncnc32)CC(CO)[C@@H]1N=O. The van der Waals surface area contributed by atoms with Gasteiger partial charge >= 0.3 is 0 Å². The second-order valence-corrected chi connectivity index (χ2v) is 5.92. The minimum absolute atomic E-state index is 0.268. The van der Waals surface area contributed by atoms with Crippen molar-refractivity contribution in [2.45, 2.75) is 31.1 Å². The topological polar surface area (TPSA) is 90.7 Å². The lowest BCUT2D eigenvalue weighted by Crippen LogP contribution is -2.49. The van der Waals surface area contributed by atoms with E-state index in [0.29, 0.717) is 24.6 Å². The Labute approximate surface area is 125 Å². The number of nitrogens with zero attached hydrogens (tertiary/aromatic N) is 4. The Kier molecular flexibility index (Phi) is 3.45. The smallest absolute Gasteiger partial charge is 0.158 e. The molecule has 1 saturated carbocycles. The molecule has 2 N–H and O–H groups in total. The van der Waals surface area contributed by atoms with Crippen LogP contribution in [0.2, 0.25) is 5.15 Å². The minimum Gasteiger partial charge on any atom is -0.396 e. The van der Waals surface area contributed by atoms with Gasteiger partial charge in [-0.05, 0) is 13.3 Å². The summed E-state index contributed by atoms with van der Waals surface area (Å²) in [5.74, 6) is 0.0102. The summed E-state index contributed by atoms with van der Waals surface area (Å²) in [5.41, 5.74) is -1.30. The number of hydrogen-bond acceptors (Lipinski definition) is 7. The number of alkyl halides is 1. The molecule has 21 heavy (non-hydrogen) atoms. The largest absolute Gasteiger partial charge is 0.396 e. The Balaban J connectivity index is 1.96. The van der Waals surface area contributed by atoms with Crippen molar-refractivity contribution >= 4 is 23.1 Å². The number of nitroso groups, excluding NO2 is 1. The zero-order chi connectivity index (χ0) is 15.2. The second-order valence-electron chi connectivity index (χ2n) is 5.56. The van der Waals surface area contributed by atoms with Crippen molar-refractivity contribution in [2.24, 2.45) is 11.1 Å². The first kappa shape index (κ1) is 14.4. The first-order chi connectivity index (χ1) is 10.0. The molecule has 1 aromatic heterocycles. The molecule has 114 valence electrons. The monoisotopic (exact) mass is 315 g/mol. The van der Waals surface area contributed by atoms with Gasteiger partial charge in [0, 0.05) is 12.5 Å². The van der Waals surface area contributed by atoms with Crippen LogP contribution in [0.3, 0.4) is 0 Å². The highest BCUT2D eigenvalue weighted by Crippen LogP contribution is 2.46. The second kappa shape index (κ2) is 5.03. The maximum Gasteiger partial charge on any atom is 0.158 e. The van der Waals surface area contributed by atoms with Crippen LogP contribution in [-0.2, 0) is 0 Å². The molecule has 1 aliphatic carbocycles. The quantitative estimate of drug-likeness (QED) is 0.650. The van der Waals surface area contributed by atoms with Crippen LogP contribution < -0.4 is 10.2 Å². The summed E-state index contributed by atoms with van der Waals surface area (Å²) in [6.45, 7) is 1.40. The molecule has 0 amide bonds. The summed E-state index contributed by atoms with van der Waals surface area (Å²) in [7, 11) is 0.